The number of rotatable bonds is 7. The summed E-state index contributed by atoms with van der Waals surface area (Å²) in [6.07, 6.45) is -3.32. The van der Waals surface area contributed by atoms with Gasteiger partial charge >= 0.3 is 16.3 Å². The monoisotopic (exact) mass is 540 g/mol. The second-order valence-electron chi connectivity index (χ2n) is 6.66. The lowest BCUT2D eigenvalue weighted by Gasteiger charge is -2.11. The van der Waals surface area contributed by atoms with Crippen LogP contribution in [0, 0.1) is 0 Å². The van der Waals surface area contributed by atoms with Crippen molar-refractivity contribution in [1.82, 2.24) is 5.43 Å². The predicted molar refractivity (Wildman–Crippen MR) is 119 cm³/mol. The Kier molecular flexibility index (Phi) is 7.54. The molecule has 0 heterocycles. The molecule has 0 saturated carbocycles. The number of carbonyl (C=O) groups excluding carboxylic acids is 1. The molecule has 0 atom stereocenters. The number of amides is 1. The highest BCUT2D eigenvalue weighted by Gasteiger charge is 2.31. The van der Waals surface area contributed by atoms with Crippen LogP contribution in [0.25, 0.3) is 0 Å². The van der Waals surface area contributed by atoms with Crippen LogP contribution in [0.3, 0.4) is 0 Å². The molecule has 3 aromatic rings. The Balaban J connectivity index is 1.71. The maximum atomic E-state index is 12.7. The molecule has 33 heavy (non-hydrogen) atoms. The van der Waals surface area contributed by atoms with Crippen LogP contribution in [0.5, 0.6) is 5.75 Å². The lowest BCUT2D eigenvalue weighted by atomic mass is 10.1. The van der Waals surface area contributed by atoms with Crippen molar-refractivity contribution in [3.8, 4) is 5.75 Å². The fourth-order valence-electron chi connectivity index (χ4n) is 2.67. The van der Waals surface area contributed by atoms with Crippen LogP contribution in [0.2, 0.25) is 0 Å². The zero-order valence-electron chi connectivity index (χ0n) is 16.7. The SMILES string of the molecule is O=C(Cc1ccccc1Br)NN=Cc1ccccc1OS(=O)(=O)c1ccc(C(F)(F)F)cc1. The van der Waals surface area contributed by atoms with Gasteiger partial charge in [-0.3, -0.25) is 4.79 Å². The topological polar surface area (TPSA) is 84.8 Å². The Morgan fingerprint density at radius 2 is 1.64 bits per heavy atom. The van der Waals surface area contributed by atoms with Gasteiger partial charge in [-0.15, -0.1) is 0 Å². The van der Waals surface area contributed by atoms with Crippen molar-refractivity contribution in [2.75, 3.05) is 0 Å². The number of benzene rings is 3. The molecule has 0 aliphatic rings. The summed E-state index contributed by atoms with van der Waals surface area (Å²) in [5, 5.41) is 3.83. The van der Waals surface area contributed by atoms with E-state index in [9.17, 15) is 26.4 Å². The molecule has 1 amide bonds. The largest absolute Gasteiger partial charge is 0.416 e. The summed E-state index contributed by atoms with van der Waals surface area (Å²) in [7, 11) is -4.41. The van der Waals surface area contributed by atoms with E-state index in [1.165, 1.54) is 24.4 Å². The number of carbonyl (C=O) groups is 1. The average Bonchev–Trinajstić information content (AvgIpc) is 2.76. The minimum absolute atomic E-state index is 0.0687. The van der Waals surface area contributed by atoms with Crippen molar-refractivity contribution in [3.05, 3.63) is 94.0 Å². The van der Waals surface area contributed by atoms with E-state index < -0.39 is 32.7 Å². The number of hydrogen-bond donors (Lipinski definition) is 1. The Bertz CT molecular complexity index is 1280. The van der Waals surface area contributed by atoms with Crippen molar-refractivity contribution in [2.45, 2.75) is 17.5 Å². The minimum atomic E-state index is -4.59. The summed E-state index contributed by atoms with van der Waals surface area (Å²) < 4.78 is 69.0. The van der Waals surface area contributed by atoms with Crippen LogP contribution in [-0.4, -0.2) is 20.5 Å². The lowest BCUT2D eigenvalue weighted by Crippen LogP contribution is -2.20. The second-order valence-corrected chi connectivity index (χ2v) is 9.06. The molecule has 3 rings (SSSR count). The van der Waals surface area contributed by atoms with Crippen molar-refractivity contribution < 1.29 is 30.6 Å². The molecule has 0 fully saturated rings. The summed E-state index contributed by atoms with van der Waals surface area (Å²) in [6.45, 7) is 0. The summed E-state index contributed by atoms with van der Waals surface area (Å²) in [6, 6.07) is 16.1. The van der Waals surface area contributed by atoms with Crippen molar-refractivity contribution in [1.29, 1.82) is 0 Å². The van der Waals surface area contributed by atoms with E-state index in [0.717, 1.165) is 22.2 Å². The van der Waals surface area contributed by atoms with Gasteiger partial charge in [-0.1, -0.05) is 46.3 Å². The number of hydrazone groups is 1. The molecule has 0 bridgehead atoms. The maximum absolute atomic E-state index is 12.7. The molecule has 6 nitrogen and oxygen atoms in total. The molecule has 0 aromatic heterocycles. The van der Waals surface area contributed by atoms with Gasteiger partial charge in [0.05, 0.1) is 18.2 Å². The molecule has 0 aliphatic heterocycles. The fraction of sp³-hybridized carbons (Fsp3) is 0.0909. The molecule has 0 aliphatic carbocycles. The van der Waals surface area contributed by atoms with E-state index in [4.69, 9.17) is 4.18 Å². The molecule has 0 radical (unpaired) electrons. The van der Waals surface area contributed by atoms with Gasteiger partial charge < -0.3 is 4.18 Å². The number of halogens is 4. The number of hydrogen-bond acceptors (Lipinski definition) is 5. The number of nitrogens with zero attached hydrogens (tertiary/aromatic N) is 1. The average molecular weight is 541 g/mol. The van der Waals surface area contributed by atoms with E-state index in [0.29, 0.717) is 12.1 Å². The van der Waals surface area contributed by atoms with Gasteiger partial charge in [-0.05, 0) is 48.0 Å². The summed E-state index contributed by atoms with van der Waals surface area (Å²) in [5.41, 5.74) is 2.36. The van der Waals surface area contributed by atoms with Crippen molar-refractivity contribution >= 4 is 38.2 Å². The van der Waals surface area contributed by atoms with Gasteiger partial charge in [0.25, 0.3) is 0 Å². The third kappa shape index (κ3) is 6.65. The third-order valence-electron chi connectivity index (χ3n) is 4.29. The van der Waals surface area contributed by atoms with Crippen LogP contribution in [-0.2, 0) is 27.5 Å². The first kappa shape index (κ1) is 24.5. The standard InChI is InChI=1S/C22H16BrF3N2O4S/c23-19-7-3-1-5-15(19)13-21(29)28-27-14-16-6-2-4-8-20(16)32-33(30,31)18-11-9-17(10-12-18)22(24,25)26/h1-12,14H,13H2,(H,28,29). The highest BCUT2D eigenvalue weighted by atomic mass is 79.9. The van der Waals surface area contributed by atoms with Crippen LogP contribution >= 0.6 is 15.9 Å². The fourth-order valence-corrected chi connectivity index (χ4v) is 4.05. The third-order valence-corrected chi connectivity index (χ3v) is 6.31. The summed E-state index contributed by atoms with van der Waals surface area (Å²) in [5.74, 6) is -0.505. The predicted octanol–water partition coefficient (Wildman–Crippen LogP) is 4.93. The lowest BCUT2D eigenvalue weighted by molar-refractivity contribution is -0.137. The Morgan fingerprint density at radius 3 is 2.30 bits per heavy atom. The van der Waals surface area contributed by atoms with Crippen LogP contribution in [0.4, 0.5) is 13.2 Å². The molecule has 1 N–H and O–H groups in total. The Hall–Kier alpha value is -3.18. The smallest absolute Gasteiger partial charge is 0.378 e. The van der Waals surface area contributed by atoms with Gasteiger partial charge in [-0.2, -0.15) is 26.7 Å². The molecule has 11 heteroatoms. The quantitative estimate of drug-likeness (QED) is 0.261. The highest BCUT2D eigenvalue weighted by Crippen LogP contribution is 2.30. The first-order chi connectivity index (χ1) is 15.6. The minimum Gasteiger partial charge on any atom is -0.378 e. The van der Waals surface area contributed by atoms with E-state index in [2.05, 4.69) is 26.5 Å². The van der Waals surface area contributed by atoms with E-state index >= 15 is 0 Å². The van der Waals surface area contributed by atoms with E-state index in [1.807, 2.05) is 6.07 Å². The summed E-state index contributed by atoms with van der Waals surface area (Å²) in [4.78, 5) is 11.7. The van der Waals surface area contributed by atoms with Gasteiger partial charge in [0.2, 0.25) is 5.91 Å². The van der Waals surface area contributed by atoms with Crippen molar-refractivity contribution in [3.63, 3.8) is 0 Å². The molecule has 3 aromatic carbocycles. The molecule has 0 spiro atoms. The normalized spacial score (nSPS) is 12.0. The molecule has 0 saturated heterocycles. The number of alkyl halides is 3. The van der Waals surface area contributed by atoms with Crippen molar-refractivity contribution in [2.24, 2.45) is 5.10 Å². The first-order valence-electron chi connectivity index (χ1n) is 9.32. The van der Waals surface area contributed by atoms with Gasteiger partial charge in [0.1, 0.15) is 4.90 Å². The second kappa shape index (κ2) is 10.2. The first-order valence-corrected chi connectivity index (χ1v) is 11.5. The highest BCUT2D eigenvalue weighted by molar-refractivity contribution is 9.10. The Labute approximate surface area is 196 Å². The Morgan fingerprint density at radius 1 is 1.00 bits per heavy atom. The number of para-hydroxylation sites is 1. The molecular weight excluding hydrogens is 525 g/mol. The molecule has 0 unspecified atom stereocenters. The van der Waals surface area contributed by atoms with Crippen LogP contribution < -0.4 is 9.61 Å². The van der Waals surface area contributed by atoms with Gasteiger partial charge in [0, 0.05) is 10.0 Å². The maximum Gasteiger partial charge on any atom is 0.416 e. The zero-order chi connectivity index (χ0) is 24.1. The van der Waals surface area contributed by atoms with Gasteiger partial charge in [0.15, 0.2) is 5.75 Å². The van der Waals surface area contributed by atoms with Crippen LogP contribution in [0.15, 0.2) is 87.3 Å². The molecule has 172 valence electrons. The van der Waals surface area contributed by atoms with Crippen LogP contribution in [0.1, 0.15) is 16.7 Å². The number of nitrogens with one attached hydrogen (secondary N) is 1. The van der Waals surface area contributed by atoms with Gasteiger partial charge in [-0.25, -0.2) is 5.43 Å². The van der Waals surface area contributed by atoms with E-state index in [1.54, 1.807) is 24.3 Å². The van der Waals surface area contributed by atoms with E-state index in [-0.39, 0.29) is 17.7 Å². The molecular formula is C22H16BrF3N2O4S. The summed E-state index contributed by atoms with van der Waals surface area (Å²) >= 11 is 3.35. The zero-order valence-corrected chi connectivity index (χ0v) is 19.1.